The Balaban J connectivity index is 5.25. The van der Waals surface area contributed by atoms with Gasteiger partial charge in [-0.05, 0) is 37.5 Å². The molecular formula is C70H136O17P2. The van der Waals surface area contributed by atoms with Gasteiger partial charge in [0.1, 0.15) is 19.3 Å². The van der Waals surface area contributed by atoms with E-state index in [-0.39, 0.29) is 25.7 Å². The second kappa shape index (κ2) is 62.2. The molecule has 0 amide bonds. The van der Waals surface area contributed by atoms with Crippen molar-refractivity contribution in [3.63, 3.8) is 0 Å². The lowest BCUT2D eigenvalue weighted by atomic mass is 10.0. The highest BCUT2D eigenvalue weighted by Crippen LogP contribution is 2.45. The van der Waals surface area contributed by atoms with Crippen LogP contribution in [0.1, 0.15) is 356 Å². The van der Waals surface area contributed by atoms with Gasteiger partial charge in [0.05, 0.1) is 26.4 Å². The summed E-state index contributed by atoms with van der Waals surface area (Å²) in [6.45, 7) is 9.50. The smallest absolute Gasteiger partial charge is 0.462 e. The maximum atomic E-state index is 13.0. The molecule has 0 aliphatic heterocycles. The molecule has 0 radical (unpaired) electrons. The Kier molecular flexibility index (Phi) is 60.8. The molecule has 19 heteroatoms. The van der Waals surface area contributed by atoms with Crippen molar-refractivity contribution in [2.75, 3.05) is 39.6 Å². The van der Waals surface area contributed by atoms with Crippen molar-refractivity contribution in [1.29, 1.82) is 0 Å². The number of esters is 4. The third-order valence-corrected chi connectivity index (χ3v) is 18.1. The molecule has 0 saturated heterocycles. The molecule has 17 nitrogen and oxygen atoms in total. The van der Waals surface area contributed by atoms with E-state index in [1.165, 1.54) is 173 Å². The molecule has 0 aliphatic carbocycles. The highest BCUT2D eigenvalue weighted by molar-refractivity contribution is 7.47. The van der Waals surface area contributed by atoms with Crippen LogP contribution in [0.5, 0.6) is 0 Å². The van der Waals surface area contributed by atoms with Crippen LogP contribution >= 0.6 is 15.6 Å². The molecule has 0 saturated carbocycles. The van der Waals surface area contributed by atoms with Crippen LogP contribution in [-0.4, -0.2) is 96.7 Å². The Morgan fingerprint density at radius 2 is 0.517 bits per heavy atom. The van der Waals surface area contributed by atoms with Gasteiger partial charge in [0.15, 0.2) is 12.2 Å². The lowest BCUT2D eigenvalue weighted by Gasteiger charge is -2.21. The Morgan fingerprint density at radius 3 is 0.764 bits per heavy atom. The highest BCUT2D eigenvalue weighted by Gasteiger charge is 2.30. The van der Waals surface area contributed by atoms with Gasteiger partial charge in [-0.1, -0.05) is 305 Å². The predicted octanol–water partition coefficient (Wildman–Crippen LogP) is 20.0. The molecular weight excluding hydrogens is 1170 g/mol. The molecule has 0 aromatic rings. The molecule has 0 spiro atoms. The van der Waals surface area contributed by atoms with Crippen molar-refractivity contribution in [2.24, 2.45) is 11.8 Å². The number of carbonyl (C=O) groups is 4. The number of hydrogen-bond donors (Lipinski definition) is 3. The van der Waals surface area contributed by atoms with Crippen molar-refractivity contribution in [2.45, 2.75) is 374 Å². The predicted molar refractivity (Wildman–Crippen MR) is 358 cm³/mol. The number of carbonyl (C=O) groups excluding carboxylic acids is 4. The van der Waals surface area contributed by atoms with E-state index >= 15 is 0 Å². The van der Waals surface area contributed by atoms with E-state index in [0.717, 1.165) is 102 Å². The van der Waals surface area contributed by atoms with Gasteiger partial charge in [-0.2, -0.15) is 0 Å². The van der Waals surface area contributed by atoms with Gasteiger partial charge < -0.3 is 33.8 Å². The monoisotopic (exact) mass is 1310 g/mol. The van der Waals surface area contributed by atoms with E-state index in [1.54, 1.807) is 0 Å². The van der Waals surface area contributed by atoms with Crippen LogP contribution in [0.3, 0.4) is 0 Å². The van der Waals surface area contributed by atoms with Crippen LogP contribution in [0.25, 0.3) is 0 Å². The number of unbranched alkanes of at least 4 members (excludes halogenated alkanes) is 39. The van der Waals surface area contributed by atoms with Gasteiger partial charge in [-0.15, -0.1) is 0 Å². The zero-order valence-electron chi connectivity index (χ0n) is 57.7. The Labute approximate surface area is 543 Å². The van der Waals surface area contributed by atoms with Crippen molar-refractivity contribution in [3.05, 3.63) is 0 Å². The molecule has 89 heavy (non-hydrogen) atoms. The van der Waals surface area contributed by atoms with E-state index in [2.05, 4.69) is 41.5 Å². The van der Waals surface area contributed by atoms with Crippen LogP contribution in [0.2, 0.25) is 0 Å². The molecule has 0 fully saturated rings. The first kappa shape index (κ1) is 87.1. The summed E-state index contributed by atoms with van der Waals surface area (Å²) in [6.07, 6.45) is 47.1. The summed E-state index contributed by atoms with van der Waals surface area (Å²) in [4.78, 5) is 72.5. The van der Waals surface area contributed by atoms with Crippen molar-refractivity contribution in [1.82, 2.24) is 0 Å². The number of aliphatic hydroxyl groups excluding tert-OH is 1. The van der Waals surface area contributed by atoms with E-state index < -0.39 is 97.5 Å². The minimum Gasteiger partial charge on any atom is -0.462 e. The molecule has 0 aromatic heterocycles. The molecule has 0 heterocycles. The summed E-state index contributed by atoms with van der Waals surface area (Å²) < 4.78 is 68.3. The van der Waals surface area contributed by atoms with E-state index in [9.17, 15) is 43.2 Å². The molecule has 0 rings (SSSR count). The van der Waals surface area contributed by atoms with Crippen LogP contribution in [0.4, 0.5) is 0 Å². The fourth-order valence-corrected chi connectivity index (χ4v) is 12.2. The number of aliphatic hydroxyl groups is 1. The number of hydrogen-bond acceptors (Lipinski definition) is 15. The maximum absolute atomic E-state index is 13.0. The molecule has 3 N–H and O–H groups in total. The van der Waals surface area contributed by atoms with Gasteiger partial charge in [0.25, 0.3) is 0 Å². The molecule has 0 bridgehead atoms. The largest absolute Gasteiger partial charge is 0.472 e. The standard InChI is InChI=1S/C70H136O17P2/c1-7-9-11-13-15-17-19-20-21-23-29-36-42-48-54-69(74)86-65(58-81-68(73)53-47-41-35-28-25-24-26-32-38-44-50-62(3)4)60-84-88(76,77)82-56-64(71)57-83-89(78,79)85-61-66(87-70(75)55-49-43-37-31-30-33-39-45-51-63(5)6)59-80-67(72)52-46-40-34-27-22-18-16-14-12-10-8-2/h62-66,71H,7-61H2,1-6H3,(H,76,77)(H,78,79)/t64-,65-,66-/m1/s1. The van der Waals surface area contributed by atoms with Gasteiger partial charge in [0.2, 0.25) is 0 Å². The van der Waals surface area contributed by atoms with Crippen molar-refractivity contribution in [3.8, 4) is 0 Å². The molecule has 528 valence electrons. The van der Waals surface area contributed by atoms with Gasteiger partial charge in [0, 0.05) is 25.7 Å². The maximum Gasteiger partial charge on any atom is 0.472 e. The first-order valence-corrected chi connectivity index (χ1v) is 39.5. The Bertz CT molecular complexity index is 1730. The second-order valence-corrected chi connectivity index (χ2v) is 29.1. The quantitative estimate of drug-likeness (QED) is 0.0222. The lowest BCUT2D eigenvalue weighted by molar-refractivity contribution is -0.161. The van der Waals surface area contributed by atoms with Gasteiger partial charge >= 0.3 is 39.5 Å². The van der Waals surface area contributed by atoms with Crippen LogP contribution in [0, 0.1) is 11.8 Å². The number of ether oxygens (including phenoxy) is 4. The first-order valence-electron chi connectivity index (χ1n) is 36.5. The van der Waals surface area contributed by atoms with E-state index in [4.69, 9.17) is 37.0 Å². The van der Waals surface area contributed by atoms with Gasteiger partial charge in [-0.25, -0.2) is 9.13 Å². The molecule has 5 atom stereocenters. The van der Waals surface area contributed by atoms with Crippen molar-refractivity contribution >= 4 is 39.5 Å². The molecule has 0 aromatic carbocycles. The van der Waals surface area contributed by atoms with Crippen LogP contribution < -0.4 is 0 Å². The van der Waals surface area contributed by atoms with E-state index in [1.807, 2.05) is 0 Å². The average Bonchev–Trinajstić information content (AvgIpc) is 3.71. The number of rotatable bonds is 69. The third-order valence-electron chi connectivity index (χ3n) is 16.2. The minimum absolute atomic E-state index is 0.105. The molecule has 2 unspecified atom stereocenters. The zero-order valence-corrected chi connectivity index (χ0v) is 59.5. The summed E-state index contributed by atoms with van der Waals surface area (Å²) in [5.74, 6) is -0.647. The zero-order chi connectivity index (χ0) is 65.7. The van der Waals surface area contributed by atoms with Crippen molar-refractivity contribution < 1.29 is 80.2 Å². The normalized spacial score (nSPS) is 14.1. The third kappa shape index (κ3) is 64.6. The Hall–Kier alpha value is -1.94. The minimum atomic E-state index is -4.95. The van der Waals surface area contributed by atoms with Gasteiger partial charge in [-0.3, -0.25) is 37.3 Å². The Morgan fingerprint density at radius 1 is 0.303 bits per heavy atom. The summed E-state index contributed by atoms with van der Waals surface area (Å²) in [7, 11) is -9.90. The second-order valence-electron chi connectivity index (χ2n) is 26.2. The summed E-state index contributed by atoms with van der Waals surface area (Å²) in [5, 5.41) is 10.6. The van der Waals surface area contributed by atoms with Crippen LogP contribution in [0.15, 0.2) is 0 Å². The molecule has 0 aliphatic rings. The lowest BCUT2D eigenvalue weighted by Crippen LogP contribution is -2.30. The first-order chi connectivity index (χ1) is 42.9. The fourth-order valence-electron chi connectivity index (χ4n) is 10.6. The summed E-state index contributed by atoms with van der Waals surface area (Å²) in [6, 6.07) is 0. The number of phosphoric ester groups is 2. The topological polar surface area (TPSA) is 237 Å². The van der Waals surface area contributed by atoms with Crippen LogP contribution in [-0.2, 0) is 65.4 Å². The fraction of sp³-hybridized carbons (Fsp3) is 0.943. The SMILES string of the molecule is CCCCCCCCCCCCCCCCC(=O)O[C@H](COC(=O)CCCCCCCCCCCCC(C)C)COP(=O)(O)OC[C@@H](O)COP(=O)(O)OC[C@@H](COC(=O)CCCCCCCCCCCCC)OC(=O)CCCCCCCCCCC(C)C. The number of phosphoric acid groups is 2. The highest BCUT2D eigenvalue weighted by atomic mass is 31.2. The average molecular weight is 1310 g/mol. The summed E-state index contributed by atoms with van der Waals surface area (Å²) >= 11 is 0. The van der Waals surface area contributed by atoms with E-state index in [0.29, 0.717) is 25.7 Å². The summed E-state index contributed by atoms with van der Waals surface area (Å²) in [5.41, 5.74) is 0.